The first-order valence-corrected chi connectivity index (χ1v) is 11.4. The van der Waals surface area contributed by atoms with Crippen molar-refractivity contribution < 1.29 is 24.2 Å². The van der Waals surface area contributed by atoms with Gasteiger partial charge in [0.1, 0.15) is 18.1 Å². The van der Waals surface area contributed by atoms with E-state index in [0.29, 0.717) is 33.5 Å². The van der Waals surface area contributed by atoms with Gasteiger partial charge in [0.05, 0.1) is 12.2 Å². The average molecular weight is 452 g/mol. The number of phenols is 1. The third-order valence-electron chi connectivity index (χ3n) is 4.22. The van der Waals surface area contributed by atoms with Crippen LogP contribution < -0.4 is 5.32 Å². The smallest absolute Gasteiger partial charge is 0.329 e. The zero-order valence-corrected chi connectivity index (χ0v) is 18.8. The number of nitrogens with zero attached hydrogens (tertiary/aromatic N) is 2. The molecule has 30 heavy (non-hydrogen) atoms. The van der Waals surface area contributed by atoms with Crippen molar-refractivity contribution in [1.29, 1.82) is 0 Å². The molecular weight excluding hydrogens is 426 g/mol. The Kier molecular flexibility index (Phi) is 9.25. The summed E-state index contributed by atoms with van der Waals surface area (Å²) in [5.74, 6) is -0.0893. The minimum Gasteiger partial charge on any atom is -0.507 e. The molecule has 1 aromatic carbocycles. The Balaban J connectivity index is 2.09. The summed E-state index contributed by atoms with van der Waals surface area (Å²) in [6.45, 7) is 5.37. The topological polar surface area (TPSA) is 118 Å². The summed E-state index contributed by atoms with van der Waals surface area (Å²) >= 11 is 2.70. The van der Waals surface area contributed by atoms with Crippen molar-refractivity contribution in [3.8, 4) is 5.75 Å². The molecule has 10 heteroatoms. The molecule has 162 valence electrons. The van der Waals surface area contributed by atoms with Crippen LogP contribution in [0, 0.1) is 0 Å². The molecule has 2 aromatic rings. The molecular formula is C20H25N3O5S2. The Morgan fingerprint density at radius 1 is 1.33 bits per heavy atom. The molecule has 1 aromatic heterocycles. The average Bonchev–Trinajstić information content (AvgIpc) is 3.15. The molecule has 0 amide bonds. The lowest BCUT2D eigenvalue weighted by Gasteiger charge is -2.13. The first-order chi connectivity index (χ1) is 14.4. The summed E-state index contributed by atoms with van der Waals surface area (Å²) in [7, 11) is 0. The second-order valence-corrected chi connectivity index (χ2v) is 8.62. The van der Waals surface area contributed by atoms with Gasteiger partial charge in [0, 0.05) is 12.2 Å². The Hall–Kier alpha value is -2.46. The van der Waals surface area contributed by atoms with Crippen molar-refractivity contribution in [2.45, 2.75) is 56.2 Å². The van der Waals surface area contributed by atoms with Gasteiger partial charge in [0.25, 0.3) is 0 Å². The fourth-order valence-corrected chi connectivity index (χ4v) is 4.62. The quantitative estimate of drug-likeness (QED) is 0.216. The van der Waals surface area contributed by atoms with Crippen LogP contribution in [0.4, 0.5) is 5.13 Å². The predicted octanol–water partition coefficient (Wildman–Crippen LogP) is 3.62. The van der Waals surface area contributed by atoms with Gasteiger partial charge in [-0.1, -0.05) is 42.5 Å². The molecule has 0 bridgehead atoms. The maximum absolute atomic E-state index is 11.9. The third-order valence-corrected chi connectivity index (χ3v) is 6.25. The lowest BCUT2D eigenvalue weighted by Crippen LogP contribution is -2.31. The molecule has 0 saturated heterocycles. The number of anilines is 1. The van der Waals surface area contributed by atoms with E-state index in [1.165, 1.54) is 30.0 Å². The van der Waals surface area contributed by atoms with E-state index < -0.39 is 12.0 Å². The Labute approximate surface area is 183 Å². The summed E-state index contributed by atoms with van der Waals surface area (Å²) in [5.41, 5.74) is 2.03. The number of aromatic nitrogens is 2. The molecule has 0 aliphatic rings. The number of benzene rings is 1. The number of esters is 1. The van der Waals surface area contributed by atoms with E-state index in [1.807, 2.05) is 13.0 Å². The zero-order valence-electron chi connectivity index (χ0n) is 17.1. The fraction of sp³-hybridized carbons (Fsp3) is 0.450. The Morgan fingerprint density at radius 2 is 2.10 bits per heavy atom. The number of ketones is 1. The second kappa shape index (κ2) is 11.7. The highest BCUT2D eigenvalue weighted by Gasteiger charge is 2.21. The van der Waals surface area contributed by atoms with Gasteiger partial charge >= 0.3 is 5.97 Å². The van der Waals surface area contributed by atoms with Crippen LogP contribution in [0.15, 0.2) is 16.5 Å². The van der Waals surface area contributed by atoms with E-state index >= 15 is 0 Å². The van der Waals surface area contributed by atoms with Gasteiger partial charge in [-0.05, 0) is 37.5 Å². The SMILES string of the molecule is CCCc1c(CSc2nnc(NC(CC=O)C(=O)OCC)s2)ccc(C(C)=O)c1O. The highest BCUT2D eigenvalue weighted by atomic mass is 32.2. The monoisotopic (exact) mass is 451 g/mol. The van der Waals surface area contributed by atoms with Crippen LogP contribution in [0.1, 0.15) is 55.1 Å². The van der Waals surface area contributed by atoms with Gasteiger partial charge in [0.15, 0.2) is 10.1 Å². The van der Waals surface area contributed by atoms with Gasteiger partial charge < -0.3 is 20.0 Å². The minimum absolute atomic E-state index is 0.0248. The van der Waals surface area contributed by atoms with Gasteiger partial charge in [-0.3, -0.25) is 4.79 Å². The summed E-state index contributed by atoms with van der Waals surface area (Å²) < 4.78 is 5.63. The maximum Gasteiger partial charge on any atom is 0.329 e. The highest BCUT2D eigenvalue weighted by molar-refractivity contribution is 8.00. The lowest BCUT2D eigenvalue weighted by molar-refractivity contribution is -0.144. The number of hydrogen-bond acceptors (Lipinski definition) is 10. The maximum atomic E-state index is 11.9. The number of Topliss-reactive ketones (excluding diaryl/α,β-unsaturated/α-hetero) is 1. The second-order valence-electron chi connectivity index (χ2n) is 6.42. The summed E-state index contributed by atoms with van der Waals surface area (Å²) in [4.78, 5) is 34.4. The molecule has 2 N–H and O–H groups in total. The van der Waals surface area contributed by atoms with Gasteiger partial charge in [-0.15, -0.1) is 10.2 Å². The van der Waals surface area contributed by atoms with E-state index in [-0.39, 0.29) is 24.6 Å². The molecule has 0 spiro atoms. The van der Waals surface area contributed by atoms with Gasteiger partial charge in [0.2, 0.25) is 5.13 Å². The Bertz CT molecular complexity index is 901. The van der Waals surface area contributed by atoms with Crippen molar-refractivity contribution in [3.63, 3.8) is 0 Å². The molecule has 8 nitrogen and oxygen atoms in total. The summed E-state index contributed by atoms with van der Waals surface area (Å²) in [6.07, 6.45) is 2.13. The van der Waals surface area contributed by atoms with Gasteiger partial charge in [-0.25, -0.2) is 4.79 Å². The van der Waals surface area contributed by atoms with Crippen LogP contribution >= 0.6 is 23.1 Å². The normalized spacial score (nSPS) is 11.7. The molecule has 1 heterocycles. The standard InChI is InChI=1S/C20H25N3O5S2/c1-4-6-15-13(7-8-14(12(3)25)17(15)26)11-29-20-23-22-19(30-20)21-16(9-10-24)18(27)28-5-2/h7-8,10,16,26H,4-6,9,11H2,1-3H3,(H,21,22). The first kappa shape index (κ1) is 23.8. The van der Waals surface area contributed by atoms with E-state index in [9.17, 15) is 19.5 Å². The molecule has 0 fully saturated rings. The molecule has 0 radical (unpaired) electrons. The molecule has 1 unspecified atom stereocenters. The van der Waals surface area contributed by atoms with Crippen molar-refractivity contribution in [2.75, 3.05) is 11.9 Å². The number of phenolic OH excluding ortho intramolecular Hbond substituents is 1. The van der Waals surface area contributed by atoms with Crippen LogP contribution in [-0.4, -0.2) is 46.0 Å². The van der Waals surface area contributed by atoms with Crippen LogP contribution in [-0.2, 0) is 26.5 Å². The molecule has 2 rings (SSSR count). The highest BCUT2D eigenvalue weighted by Crippen LogP contribution is 2.34. The first-order valence-electron chi connectivity index (χ1n) is 9.58. The fourth-order valence-electron chi connectivity index (χ4n) is 2.79. The molecule has 0 aliphatic heterocycles. The van der Waals surface area contributed by atoms with E-state index in [1.54, 1.807) is 13.0 Å². The minimum atomic E-state index is -0.805. The zero-order chi connectivity index (χ0) is 22.1. The van der Waals surface area contributed by atoms with Crippen LogP contribution in [0.2, 0.25) is 0 Å². The van der Waals surface area contributed by atoms with Gasteiger partial charge in [-0.2, -0.15) is 0 Å². The number of nitrogens with one attached hydrogen (secondary N) is 1. The summed E-state index contributed by atoms with van der Waals surface area (Å²) in [6, 6.07) is 2.69. The number of carbonyl (C=O) groups excluding carboxylic acids is 3. The van der Waals surface area contributed by atoms with Crippen LogP contribution in [0.3, 0.4) is 0 Å². The van der Waals surface area contributed by atoms with E-state index in [4.69, 9.17) is 4.74 Å². The number of carbonyl (C=O) groups is 3. The van der Waals surface area contributed by atoms with Crippen molar-refractivity contribution >= 4 is 46.3 Å². The lowest BCUT2D eigenvalue weighted by atomic mass is 9.98. The van der Waals surface area contributed by atoms with Crippen molar-refractivity contribution in [3.05, 3.63) is 28.8 Å². The molecule has 0 aliphatic carbocycles. The van der Waals surface area contributed by atoms with E-state index in [2.05, 4.69) is 15.5 Å². The number of aromatic hydroxyl groups is 1. The van der Waals surface area contributed by atoms with Crippen LogP contribution in [0.5, 0.6) is 5.75 Å². The number of rotatable bonds is 12. The molecule has 1 atom stereocenters. The predicted molar refractivity (Wildman–Crippen MR) is 116 cm³/mol. The largest absolute Gasteiger partial charge is 0.507 e. The molecule has 0 saturated carbocycles. The Morgan fingerprint density at radius 3 is 2.73 bits per heavy atom. The number of hydrogen-bond donors (Lipinski definition) is 2. The number of ether oxygens (including phenoxy) is 1. The number of thioether (sulfide) groups is 1. The van der Waals surface area contributed by atoms with Crippen molar-refractivity contribution in [1.82, 2.24) is 10.2 Å². The third kappa shape index (κ3) is 6.27. The van der Waals surface area contributed by atoms with Crippen molar-refractivity contribution in [2.24, 2.45) is 0 Å². The summed E-state index contributed by atoms with van der Waals surface area (Å²) in [5, 5.41) is 21.9. The number of aldehydes is 1. The van der Waals surface area contributed by atoms with Crippen LogP contribution in [0.25, 0.3) is 0 Å². The van der Waals surface area contributed by atoms with E-state index in [0.717, 1.165) is 17.5 Å².